The number of likely N-dealkylation sites (tertiary alicyclic amines) is 1. The summed E-state index contributed by atoms with van der Waals surface area (Å²) in [7, 11) is 3.61. The monoisotopic (exact) mass is 521 g/mol. The van der Waals surface area contributed by atoms with Gasteiger partial charge in [0.25, 0.3) is 0 Å². The second kappa shape index (κ2) is 9.13. The van der Waals surface area contributed by atoms with Crippen molar-refractivity contribution in [1.29, 1.82) is 0 Å². The standard InChI is InChI=1S/C27H28FN5O3S/c1-31-21-11-19(36-2)6-7-20(21)24-25(31)22(13-34)33(26(35)30-18-5-3-4-17(28)10-18)16-27(24)14-32(15-27)12-23-29-8-9-37-23/h3-11,22,34H,12-16H2,1-2H3,(H,30,35)/t22-/m0/s1. The number of fused-ring (bicyclic) bond motifs is 4. The van der Waals surface area contributed by atoms with Crippen LogP contribution in [-0.4, -0.2) is 63.8 Å². The number of hydrogen-bond acceptors (Lipinski definition) is 6. The van der Waals surface area contributed by atoms with E-state index in [2.05, 4.69) is 25.8 Å². The zero-order valence-electron chi connectivity index (χ0n) is 20.6. The molecule has 2 aromatic carbocycles. The van der Waals surface area contributed by atoms with E-state index in [1.807, 2.05) is 30.8 Å². The van der Waals surface area contributed by atoms with Gasteiger partial charge in [-0.3, -0.25) is 4.90 Å². The second-order valence-corrected chi connectivity index (χ2v) is 10.8. The first-order valence-corrected chi connectivity index (χ1v) is 13.0. The summed E-state index contributed by atoms with van der Waals surface area (Å²) in [6.45, 7) is 2.47. The van der Waals surface area contributed by atoms with E-state index in [0.29, 0.717) is 12.2 Å². The average molecular weight is 522 g/mol. The molecule has 1 saturated heterocycles. The number of methoxy groups -OCH3 is 1. The number of rotatable bonds is 5. The molecule has 10 heteroatoms. The van der Waals surface area contributed by atoms with E-state index >= 15 is 0 Å². The summed E-state index contributed by atoms with van der Waals surface area (Å²) in [5.41, 5.74) is 3.15. The van der Waals surface area contributed by atoms with E-state index in [-0.39, 0.29) is 18.1 Å². The molecular formula is C27H28FN5O3S. The summed E-state index contributed by atoms with van der Waals surface area (Å²) < 4.78 is 21.3. The molecule has 1 fully saturated rings. The Balaban J connectivity index is 1.42. The van der Waals surface area contributed by atoms with Crippen LogP contribution >= 0.6 is 11.3 Å². The fourth-order valence-electron chi connectivity index (χ4n) is 6.04. The molecule has 6 rings (SSSR count). The highest BCUT2D eigenvalue weighted by atomic mass is 32.1. The molecule has 8 nitrogen and oxygen atoms in total. The van der Waals surface area contributed by atoms with Crippen molar-refractivity contribution in [2.75, 3.05) is 38.7 Å². The molecule has 4 heterocycles. The van der Waals surface area contributed by atoms with E-state index in [9.17, 15) is 14.3 Å². The second-order valence-electron chi connectivity index (χ2n) is 9.82. The number of aliphatic hydroxyl groups excluding tert-OH is 1. The topological polar surface area (TPSA) is 82.9 Å². The molecule has 37 heavy (non-hydrogen) atoms. The SMILES string of the molecule is COc1ccc2c3c(n(C)c2c1)[C@H](CO)N(C(=O)Nc1cccc(F)c1)CC31CN(Cc2nccs2)C1. The minimum absolute atomic E-state index is 0.232. The van der Waals surface area contributed by atoms with E-state index in [0.717, 1.165) is 47.0 Å². The van der Waals surface area contributed by atoms with Crippen LogP contribution in [0.1, 0.15) is 22.3 Å². The number of ether oxygens (including phenoxy) is 1. The first-order chi connectivity index (χ1) is 17.9. The molecule has 1 spiro atoms. The molecule has 2 aliphatic heterocycles. The fourth-order valence-corrected chi connectivity index (χ4v) is 6.69. The van der Waals surface area contributed by atoms with Crippen molar-refractivity contribution in [3.63, 3.8) is 0 Å². The van der Waals surface area contributed by atoms with Crippen molar-refractivity contribution in [3.8, 4) is 5.75 Å². The lowest BCUT2D eigenvalue weighted by atomic mass is 9.68. The van der Waals surface area contributed by atoms with Crippen molar-refractivity contribution in [1.82, 2.24) is 19.4 Å². The third-order valence-electron chi connectivity index (χ3n) is 7.55. The van der Waals surface area contributed by atoms with Gasteiger partial charge in [-0.1, -0.05) is 6.07 Å². The largest absolute Gasteiger partial charge is 0.497 e. The quantitative estimate of drug-likeness (QED) is 0.413. The van der Waals surface area contributed by atoms with E-state index in [1.165, 1.54) is 17.7 Å². The molecule has 2 aromatic heterocycles. The highest BCUT2D eigenvalue weighted by Gasteiger charge is 2.54. The Labute approximate surface area is 217 Å². The van der Waals surface area contributed by atoms with Crippen LogP contribution in [0.15, 0.2) is 54.0 Å². The van der Waals surface area contributed by atoms with Gasteiger partial charge in [0.05, 0.1) is 31.8 Å². The van der Waals surface area contributed by atoms with Crippen molar-refractivity contribution in [2.45, 2.75) is 18.0 Å². The van der Waals surface area contributed by atoms with Crippen molar-refractivity contribution in [3.05, 3.63) is 76.1 Å². The number of thiazole rings is 1. The molecule has 0 unspecified atom stereocenters. The maximum Gasteiger partial charge on any atom is 0.322 e. The summed E-state index contributed by atoms with van der Waals surface area (Å²) in [5, 5.41) is 17.5. The van der Waals surface area contributed by atoms with E-state index in [4.69, 9.17) is 4.74 Å². The van der Waals surface area contributed by atoms with Gasteiger partial charge in [-0.2, -0.15) is 0 Å². The number of nitrogens with zero attached hydrogens (tertiary/aromatic N) is 4. The number of anilines is 1. The average Bonchev–Trinajstić information content (AvgIpc) is 3.49. The summed E-state index contributed by atoms with van der Waals surface area (Å²) >= 11 is 1.63. The van der Waals surface area contributed by atoms with Crippen LogP contribution in [0.25, 0.3) is 10.9 Å². The molecule has 0 saturated carbocycles. The Morgan fingerprint density at radius 3 is 2.81 bits per heavy atom. The van der Waals surface area contributed by atoms with Crippen LogP contribution in [-0.2, 0) is 19.0 Å². The summed E-state index contributed by atoms with van der Waals surface area (Å²) in [6.07, 6.45) is 1.82. The number of urea groups is 1. The molecule has 2 N–H and O–H groups in total. The van der Waals surface area contributed by atoms with Gasteiger partial charge in [-0.05, 0) is 35.9 Å². The van der Waals surface area contributed by atoms with Crippen LogP contribution in [0.3, 0.4) is 0 Å². The molecule has 0 radical (unpaired) electrons. The Hall–Kier alpha value is -3.47. The predicted octanol–water partition coefficient (Wildman–Crippen LogP) is 4.12. The van der Waals surface area contributed by atoms with Gasteiger partial charge >= 0.3 is 6.03 Å². The highest BCUT2D eigenvalue weighted by Crippen LogP contribution is 2.50. The van der Waals surface area contributed by atoms with Gasteiger partial charge in [0.15, 0.2) is 0 Å². The van der Waals surface area contributed by atoms with Gasteiger partial charge in [-0.15, -0.1) is 11.3 Å². The number of aliphatic hydroxyl groups is 1. The molecule has 1 atom stereocenters. The maximum absolute atomic E-state index is 13.8. The van der Waals surface area contributed by atoms with Crippen molar-refractivity contribution < 1.29 is 19.0 Å². The van der Waals surface area contributed by atoms with Crippen LogP contribution in [0.2, 0.25) is 0 Å². The zero-order chi connectivity index (χ0) is 25.7. The molecule has 0 bridgehead atoms. The van der Waals surface area contributed by atoms with Crippen LogP contribution in [0.5, 0.6) is 5.75 Å². The Kier molecular flexibility index (Phi) is 5.89. The number of nitrogens with one attached hydrogen (secondary N) is 1. The normalized spacial score (nSPS) is 18.6. The number of carbonyl (C=O) groups excluding carboxylic acids is 1. The molecule has 0 aliphatic carbocycles. The Morgan fingerprint density at radius 1 is 1.27 bits per heavy atom. The number of aryl methyl sites for hydroxylation is 1. The minimum Gasteiger partial charge on any atom is -0.497 e. The van der Waals surface area contributed by atoms with Crippen molar-refractivity contribution >= 4 is 34.0 Å². The molecule has 192 valence electrons. The molecule has 2 amide bonds. The predicted molar refractivity (Wildman–Crippen MR) is 140 cm³/mol. The number of aromatic nitrogens is 2. The van der Waals surface area contributed by atoms with E-state index < -0.39 is 11.9 Å². The first kappa shape index (κ1) is 23.9. The zero-order valence-corrected chi connectivity index (χ0v) is 21.5. The van der Waals surface area contributed by atoms with Gasteiger partial charge in [-0.25, -0.2) is 14.2 Å². The van der Waals surface area contributed by atoms with Crippen LogP contribution < -0.4 is 10.1 Å². The van der Waals surface area contributed by atoms with Crippen LogP contribution in [0.4, 0.5) is 14.9 Å². The molecule has 4 aromatic rings. The van der Waals surface area contributed by atoms with Gasteiger partial charge in [0, 0.05) is 66.5 Å². The Morgan fingerprint density at radius 2 is 2.11 bits per heavy atom. The fraction of sp³-hybridized carbons (Fsp3) is 0.333. The lowest BCUT2D eigenvalue weighted by Gasteiger charge is -2.56. The smallest absolute Gasteiger partial charge is 0.322 e. The highest BCUT2D eigenvalue weighted by molar-refractivity contribution is 7.09. The number of carbonyl (C=O) groups is 1. The summed E-state index contributed by atoms with van der Waals surface area (Å²) in [4.78, 5) is 22.1. The number of benzene rings is 2. The van der Waals surface area contributed by atoms with Gasteiger partial charge in [0.1, 0.15) is 16.6 Å². The minimum atomic E-state index is -0.550. The third kappa shape index (κ3) is 3.96. The lowest BCUT2D eigenvalue weighted by Crippen LogP contribution is -2.67. The maximum atomic E-state index is 13.8. The van der Waals surface area contributed by atoms with Crippen molar-refractivity contribution in [2.24, 2.45) is 7.05 Å². The Bertz CT molecular complexity index is 1460. The van der Waals surface area contributed by atoms with Crippen LogP contribution in [0, 0.1) is 5.82 Å². The third-order valence-corrected chi connectivity index (χ3v) is 8.32. The first-order valence-electron chi connectivity index (χ1n) is 12.1. The summed E-state index contributed by atoms with van der Waals surface area (Å²) in [6, 6.07) is 11.0. The van der Waals surface area contributed by atoms with E-state index in [1.54, 1.807) is 35.5 Å². The van der Waals surface area contributed by atoms with Gasteiger partial charge < -0.3 is 24.6 Å². The van der Waals surface area contributed by atoms with Gasteiger partial charge in [0.2, 0.25) is 0 Å². The molecule has 2 aliphatic rings. The number of halogens is 1. The molecular weight excluding hydrogens is 493 g/mol. The number of hydrogen-bond donors (Lipinski definition) is 2. The lowest BCUT2D eigenvalue weighted by molar-refractivity contribution is 0.00763. The number of amides is 2. The summed E-state index contributed by atoms with van der Waals surface area (Å²) in [5.74, 6) is 0.327.